The molecule has 0 N–H and O–H groups in total. The SMILES string of the molecule is CC(Cl)[N]C(C)Cl. The molecule has 0 aliphatic rings. The zero-order valence-corrected chi connectivity index (χ0v) is 5.87. The van der Waals surface area contributed by atoms with Gasteiger partial charge in [-0.15, -0.1) is 23.2 Å². The maximum absolute atomic E-state index is 5.42. The van der Waals surface area contributed by atoms with E-state index in [0.717, 1.165) is 0 Å². The van der Waals surface area contributed by atoms with Gasteiger partial charge in [0.2, 0.25) is 0 Å². The molecule has 0 aliphatic heterocycles. The van der Waals surface area contributed by atoms with Crippen LogP contribution < -0.4 is 5.32 Å². The molecule has 43 valence electrons. The molecule has 0 aliphatic carbocycles. The van der Waals surface area contributed by atoms with E-state index in [1.54, 1.807) is 13.8 Å². The molecule has 0 saturated carbocycles. The molecule has 0 fully saturated rings. The monoisotopic (exact) mass is 140 g/mol. The van der Waals surface area contributed by atoms with Crippen molar-refractivity contribution in [3.8, 4) is 0 Å². The Morgan fingerprint density at radius 2 is 1.43 bits per heavy atom. The van der Waals surface area contributed by atoms with Gasteiger partial charge in [-0.3, -0.25) is 0 Å². The topological polar surface area (TPSA) is 14.1 Å². The summed E-state index contributed by atoms with van der Waals surface area (Å²) < 4.78 is 0. The second kappa shape index (κ2) is 3.53. The van der Waals surface area contributed by atoms with E-state index in [-0.39, 0.29) is 11.0 Å². The van der Waals surface area contributed by atoms with Crippen LogP contribution in [-0.4, -0.2) is 11.0 Å². The molecule has 1 nitrogen and oxygen atoms in total. The minimum atomic E-state index is -0.160. The van der Waals surface area contributed by atoms with Gasteiger partial charge < -0.3 is 0 Å². The Morgan fingerprint density at radius 1 is 1.14 bits per heavy atom. The fourth-order valence-corrected chi connectivity index (χ4v) is 0.679. The largest absolute Gasteiger partial charge is 0.204 e. The van der Waals surface area contributed by atoms with Crippen LogP contribution in [-0.2, 0) is 0 Å². The molecule has 0 rings (SSSR count). The summed E-state index contributed by atoms with van der Waals surface area (Å²) in [6.45, 7) is 3.56. The van der Waals surface area contributed by atoms with Crippen LogP contribution in [0.1, 0.15) is 13.8 Å². The van der Waals surface area contributed by atoms with Crippen LogP contribution in [0.4, 0.5) is 0 Å². The second-order valence-electron chi connectivity index (χ2n) is 1.30. The van der Waals surface area contributed by atoms with Gasteiger partial charge in [0.05, 0.1) is 11.0 Å². The Morgan fingerprint density at radius 3 is 1.43 bits per heavy atom. The van der Waals surface area contributed by atoms with Gasteiger partial charge in [-0.25, -0.2) is 5.32 Å². The molecule has 0 amide bonds. The lowest BCUT2D eigenvalue weighted by Crippen LogP contribution is -2.17. The van der Waals surface area contributed by atoms with E-state index in [1.165, 1.54) is 0 Å². The van der Waals surface area contributed by atoms with Crippen LogP contribution >= 0.6 is 23.2 Å². The lowest BCUT2D eigenvalue weighted by atomic mass is 10.6. The maximum Gasteiger partial charge on any atom is 0.0973 e. The molecule has 0 saturated heterocycles. The normalized spacial score (nSPS) is 18.9. The van der Waals surface area contributed by atoms with Crippen molar-refractivity contribution in [2.45, 2.75) is 24.8 Å². The van der Waals surface area contributed by atoms with Crippen LogP contribution in [0, 0.1) is 0 Å². The summed E-state index contributed by atoms with van der Waals surface area (Å²) in [7, 11) is 0. The molecule has 1 radical (unpaired) electrons. The van der Waals surface area contributed by atoms with Crippen molar-refractivity contribution in [2.75, 3.05) is 0 Å². The van der Waals surface area contributed by atoms with Gasteiger partial charge >= 0.3 is 0 Å². The van der Waals surface area contributed by atoms with Gasteiger partial charge in [0.1, 0.15) is 0 Å². The van der Waals surface area contributed by atoms with Gasteiger partial charge in [0, 0.05) is 0 Å². The quantitative estimate of drug-likeness (QED) is 0.411. The predicted molar refractivity (Wildman–Crippen MR) is 32.8 cm³/mol. The van der Waals surface area contributed by atoms with Crippen LogP contribution in [0.25, 0.3) is 0 Å². The van der Waals surface area contributed by atoms with E-state index in [2.05, 4.69) is 5.32 Å². The summed E-state index contributed by atoms with van der Waals surface area (Å²) in [5.41, 5.74) is -0.319. The highest BCUT2D eigenvalue weighted by Gasteiger charge is 1.99. The van der Waals surface area contributed by atoms with Gasteiger partial charge in [-0.05, 0) is 13.8 Å². The molecule has 2 atom stereocenters. The van der Waals surface area contributed by atoms with Crippen molar-refractivity contribution in [2.24, 2.45) is 0 Å². The third-order valence-electron chi connectivity index (χ3n) is 0.411. The first-order valence-electron chi connectivity index (χ1n) is 2.11. The zero-order valence-electron chi connectivity index (χ0n) is 4.36. The van der Waals surface area contributed by atoms with Crippen LogP contribution in [0.15, 0.2) is 0 Å². The summed E-state index contributed by atoms with van der Waals surface area (Å²) in [6.07, 6.45) is 0. The third kappa shape index (κ3) is 6.54. The molecule has 0 bridgehead atoms. The summed E-state index contributed by atoms with van der Waals surface area (Å²) in [4.78, 5) is 0. The highest BCUT2D eigenvalue weighted by Crippen LogP contribution is 1.96. The van der Waals surface area contributed by atoms with Crippen LogP contribution in [0.5, 0.6) is 0 Å². The Balaban J connectivity index is 2.95. The number of halogens is 2. The molecular formula is C4H8Cl2N. The van der Waals surface area contributed by atoms with Crippen molar-refractivity contribution in [1.82, 2.24) is 5.32 Å². The second-order valence-corrected chi connectivity index (χ2v) is 2.56. The standard InChI is InChI=1S/C4H8Cl2N/c1-3(5)7-4(2)6/h3-4H,1-2H3. The zero-order chi connectivity index (χ0) is 5.86. The van der Waals surface area contributed by atoms with Crippen LogP contribution in [0.3, 0.4) is 0 Å². The summed E-state index contributed by atoms with van der Waals surface area (Å²) in [6, 6.07) is 0. The molecule has 7 heavy (non-hydrogen) atoms. The average molecular weight is 141 g/mol. The van der Waals surface area contributed by atoms with E-state index >= 15 is 0 Å². The fourth-order valence-electron chi connectivity index (χ4n) is 0.283. The number of hydrogen-bond acceptors (Lipinski definition) is 0. The average Bonchev–Trinajstić information content (AvgIpc) is 1.27. The van der Waals surface area contributed by atoms with Gasteiger partial charge in [0.25, 0.3) is 0 Å². The highest BCUT2D eigenvalue weighted by molar-refractivity contribution is 6.22. The molecule has 0 aromatic heterocycles. The molecule has 2 unspecified atom stereocenters. The number of alkyl halides is 2. The van der Waals surface area contributed by atoms with Crippen molar-refractivity contribution >= 4 is 23.2 Å². The minimum absolute atomic E-state index is 0.160. The summed E-state index contributed by atoms with van der Waals surface area (Å²) in [5, 5.41) is 3.81. The minimum Gasteiger partial charge on any atom is -0.204 e. The Hall–Kier alpha value is 0.540. The number of rotatable bonds is 2. The van der Waals surface area contributed by atoms with Crippen molar-refractivity contribution < 1.29 is 0 Å². The molecule has 0 aromatic carbocycles. The first-order chi connectivity index (χ1) is 3.13. The third-order valence-corrected chi connectivity index (χ3v) is 0.636. The van der Waals surface area contributed by atoms with Gasteiger partial charge in [0.15, 0.2) is 0 Å². The number of nitrogens with zero attached hydrogens (tertiary/aromatic N) is 1. The first kappa shape index (κ1) is 7.54. The first-order valence-corrected chi connectivity index (χ1v) is 2.98. The Labute approximate surface area is 54.0 Å². The van der Waals surface area contributed by atoms with Crippen molar-refractivity contribution in [3.05, 3.63) is 0 Å². The van der Waals surface area contributed by atoms with Gasteiger partial charge in [-0.1, -0.05) is 0 Å². The van der Waals surface area contributed by atoms with E-state index < -0.39 is 0 Å². The molecule has 3 heteroatoms. The van der Waals surface area contributed by atoms with Crippen molar-refractivity contribution in [3.63, 3.8) is 0 Å². The van der Waals surface area contributed by atoms with Gasteiger partial charge in [-0.2, -0.15) is 0 Å². The van der Waals surface area contributed by atoms with E-state index in [1.807, 2.05) is 0 Å². The number of hydrogen-bond donors (Lipinski definition) is 0. The summed E-state index contributed by atoms with van der Waals surface area (Å²) >= 11 is 10.8. The Bertz CT molecular complexity index is 39.0. The van der Waals surface area contributed by atoms with Crippen molar-refractivity contribution in [1.29, 1.82) is 0 Å². The fraction of sp³-hybridized carbons (Fsp3) is 1.00. The summed E-state index contributed by atoms with van der Waals surface area (Å²) in [5.74, 6) is 0. The lowest BCUT2D eigenvalue weighted by molar-refractivity contribution is 0.652. The lowest BCUT2D eigenvalue weighted by Gasteiger charge is -2.02. The predicted octanol–water partition coefficient (Wildman–Crippen LogP) is 1.76. The van der Waals surface area contributed by atoms with E-state index in [9.17, 15) is 0 Å². The highest BCUT2D eigenvalue weighted by atomic mass is 35.5. The smallest absolute Gasteiger partial charge is 0.0973 e. The molecular weight excluding hydrogens is 133 g/mol. The van der Waals surface area contributed by atoms with E-state index in [0.29, 0.717) is 0 Å². The Kier molecular flexibility index (Phi) is 3.80. The molecule has 0 spiro atoms. The maximum atomic E-state index is 5.42. The molecule has 0 aromatic rings. The van der Waals surface area contributed by atoms with E-state index in [4.69, 9.17) is 23.2 Å². The molecule has 0 heterocycles. The van der Waals surface area contributed by atoms with Crippen LogP contribution in [0.2, 0.25) is 0 Å².